The number of amides is 1. The molecular weight excluding hydrogens is 295 g/mol. The average Bonchev–Trinajstić information content (AvgIpc) is 2.53. The molecule has 0 aromatic heterocycles. The normalized spacial score (nSPS) is 15.3. The van der Waals surface area contributed by atoms with Crippen molar-refractivity contribution in [3.05, 3.63) is 47.3 Å². The molecule has 0 bridgehead atoms. The third-order valence-corrected chi connectivity index (χ3v) is 4.14. The molecule has 1 heterocycles. The lowest BCUT2D eigenvalue weighted by atomic mass is 10.1. The molecule has 5 heteroatoms. The summed E-state index contributed by atoms with van der Waals surface area (Å²) in [6, 6.07) is 6.42. The van der Waals surface area contributed by atoms with Crippen LogP contribution in [0.15, 0.2) is 35.9 Å². The zero-order valence-corrected chi connectivity index (χ0v) is 13.7. The summed E-state index contributed by atoms with van der Waals surface area (Å²) in [6.07, 6.45) is 3.87. The number of carbonyl (C=O) groups is 1. The number of aliphatic hydroxyl groups is 1. The monoisotopic (exact) mass is 320 g/mol. The Morgan fingerprint density at radius 2 is 2.09 bits per heavy atom. The van der Waals surface area contributed by atoms with Gasteiger partial charge in [-0.2, -0.15) is 0 Å². The molecule has 0 aliphatic carbocycles. The molecule has 0 fully saturated rings. The predicted octanol–water partition coefficient (Wildman–Crippen LogP) is 1.84. The highest BCUT2D eigenvalue weighted by atomic mass is 19.1. The second-order valence-electron chi connectivity index (χ2n) is 5.97. The van der Waals surface area contributed by atoms with E-state index in [0.717, 1.165) is 25.1 Å². The van der Waals surface area contributed by atoms with Crippen LogP contribution in [0.4, 0.5) is 4.39 Å². The maximum Gasteiger partial charge on any atom is 0.219 e. The van der Waals surface area contributed by atoms with Crippen LogP contribution in [0.3, 0.4) is 0 Å². The van der Waals surface area contributed by atoms with E-state index < -0.39 is 0 Å². The SMILES string of the molecule is CC(=O)N(CCc1ccc(F)cc1)CC1=CCCN(CCO)C1. The summed E-state index contributed by atoms with van der Waals surface area (Å²) >= 11 is 0. The van der Waals surface area contributed by atoms with Crippen LogP contribution < -0.4 is 0 Å². The quantitative estimate of drug-likeness (QED) is 0.780. The second-order valence-corrected chi connectivity index (χ2v) is 5.97. The number of nitrogens with zero attached hydrogens (tertiary/aromatic N) is 2. The molecule has 0 spiro atoms. The van der Waals surface area contributed by atoms with E-state index in [-0.39, 0.29) is 18.3 Å². The molecule has 1 aromatic rings. The van der Waals surface area contributed by atoms with Crippen LogP contribution in [0.25, 0.3) is 0 Å². The van der Waals surface area contributed by atoms with Gasteiger partial charge < -0.3 is 10.0 Å². The Kier molecular flexibility index (Phi) is 6.74. The molecule has 1 aliphatic heterocycles. The van der Waals surface area contributed by atoms with Crippen molar-refractivity contribution < 1.29 is 14.3 Å². The zero-order valence-electron chi connectivity index (χ0n) is 13.7. The van der Waals surface area contributed by atoms with E-state index in [9.17, 15) is 9.18 Å². The maximum atomic E-state index is 12.9. The summed E-state index contributed by atoms with van der Waals surface area (Å²) in [6.45, 7) is 5.43. The van der Waals surface area contributed by atoms with Gasteiger partial charge in [-0.05, 0) is 36.1 Å². The van der Waals surface area contributed by atoms with E-state index >= 15 is 0 Å². The molecule has 126 valence electrons. The van der Waals surface area contributed by atoms with Gasteiger partial charge in [0.05, 0.1) is 6.61 Å². The minimum Gasteiger partial charge on any atom is -0.395 e. The number of benzene rings is 1. The summed E-state index contributed by atoms with van der Waals surface area (Å²) in [5, 5.41) is 9.05. The number of β-amino-alcohol motifs (C(OH)–C–C–N with tert-alkyl or cyclic N) is 1. The Hall–Kier alpha value is -1.72. The minimum atomic E-state index is -0.242. The molecule has 0 atom stereocenters. The van der Waals surface area contributed by atoms with Gasteiger partial charge in [-0.1, -0.05) is 18.2 Å². The number of aliphatic hydroxyl groups excluding tert-OH is 1. The minimum absolute atomic E-state index is 0.0484. The second kappa shape index (κ2) is 8.79. The Morgan fingerprint density at radius 1 is 1.35 bits per heavy atom. The Balaban J connectivity index is 1.89. The first kappa shape index (κ1) is 17.6. The summed E-state index contributed by atoms with van der Waals surface area (Å²) in [5.41, 5.74) is 2.25. The number of hydrogen-bond acceptors (Lipinski definition) is 3. The van der Waals surface area contributed by atoms with Gasteiger partial charge in [-0.3, -0.25) is 9.69 Å². The zero-order chi connectivity index (χ0) is 16.7. The van der Waals surface area contributed by atoms with Gasteiger partial charge in [-0.15, -0.1) is 0 Å². The number of carbonyl (C=O) groups excluding carboxylic acids is 1. The van der Waals surface area contributed by atoms with Crippen molar-refractivity contribution in [1.29, 1.82) is 0 Å². The number of hydrogen-bond donors (Lipinski definition) is 1. The van der Waals surface area contributed by atoms with Crippen LogP contribution in [0.2, 0.25) is 0 Å². The highest BCUT2D eigenvalue weighted by molar-refractivity contribution is 5.73. The summed E-state index contributed by atoms with van der Waals surface area (Å²) in [7, 11) is 0. The molecular formula is C18H25FN2O2. The van der Waals surface area contributed by atoms with Crippen LogP contribution in [0, 0.1) is 5.82 Å². The summed E-state index contributed by atoms with van der Waals surface area (Å²) in [4.78, 5) is 15.9. The van der Waals surface area contributed by atoms with Gasteiger partial charge in [0, 0.05) is 39.6 Å². The van der Waals surface area contributed by atoms with Crippen molar-refractivity contribution in [2.24, 2.45) is 0 Å². The molecule has 0 unspecified atom stereocenters. The van der Waals surface area contributed by atoms with E-state index in [0.29, 0.717) is 26.1 Å². The first-order valence-corrected chi connectivity index (χ1v) is 8.09. The molecule has 4 nitrogen and oxygen atoms in total. The van der Waals surface area contributed by atoms with Gasteiger partial charge in [0.1, 0.15) is 5.82 Å². The standard InChI is InChI=1S/C18H25FN2O2/c1-15(23)21(10-8-16-4-6-18(19)7-5-16)14-17-3-2-9-20(13-17)11-12-22/h3-7,22H,2,8-14H2,1H3. The van der Waals surface area contributed by atoms with Crippen LogP contribution in [-0.2, 0) is 11.2 Å². The lowest BCUT2D eigenvalue weighted by molar-refractivity contribution is -0.128. The largest absolute Gasteiger partial charge is 0.395 e. The first-order chi connectivity index (χ1) is 11.1. The van der Waals surface area contributed by atoms with Crippen molar-refractivity contribution >= 4 is 5.91 Å². The first-order valence-electron chi connectivity index (χ1n) is 8.09. The van der Waals surface area contributed by atoms with Crippen molar-refractivity contribution in [2.75, 3.05) is 39.3 Å². The summed E-state index contributed by atoms with van der Waals surface area (Å²) in [5.74, 6) is -0.194. The highest BCUT2D eigenvalue weighted by Gasteiger charge is 2.16. The molecule has 0 saturated carbocycles. The fourth-order valence-electron chi connectivity index (χ4n) is 2.84. The molecule has 1 amide bonds. The van der Waals surface area contributed by atoms with E-state index in [1.807, 2.05) is 4.90 Å². The van der Waals surface area contributed by atoms with Crippen molar-refractivity contribution in [1.82, 2.24) is 9.80 Å². The smallest absolute Gasteiger partial charge is 0.219 e. The molecule has 23 heavy (non-hydrogen) atoms. The molecule has 1 aliphatic rings. The maximum absolute atomic E-state index is 12.9. The Morgan fingerprint density at radius 3 is 2.74 bits per heavy atom. The molecule has 1 aromatic carbocycles. The van der Waals surface area contributed by atoms with Gasteiger partial charge >= 0.3 is 0 Å². The third kappa shape index (κ3) is 5.77. The van der Waals surface area contributed by atoms with Crippen molar-refractivity contribution in [3.8, 4) is 0 Å². The number of halogens is 1. The van der Waals surface area contributed by atoms with Gasteiger partial charge in [0.2, 0.25) is 5.91 Å². The van der Waals surface area contributed by atoms with Crippen LogP contribution in [0.1, 0.15) is 18.9 Å². The molecule has 2 rings (SSSR count). The fourth-order valence-corrected chi connectivity index (χ4v) is 2.84. The Bertz CT molecular complexity index is 542. The molecule has 0 saturated heterocycles. The van der Waals surface area contributed by atoms with E-state index in [2.05, 4.69) is 11.0 Å². The van der Waals surface area contributed by atoms with Gasteiger partial charge in [0.15, 0.2) is 0 Å². The Labute approximate surface area is 137 Å². The van der Waals surface area contributed by atoms with Crippen LogP contribution in [0.5, 0.6) is 0 Å². The van der Waals surface area contributed by atoms with Gasteiger partial charge in [-0.25, -0.2) is 4.39 Å². The molecule has 0 radical (unpaired) electrons. The fraction of sp³-hybridized carbons (Fsp3) is 0.500. The van der Waals surface area contributed by atoms with Crippen molar-refractivity contribution in [2.45, 2.75) is 19.8 Å². The topological polar surface area (TPSA) is 43.8 Å². The lowest BCUT2D eigenvalue weighted by Gasteiger charge is -2.30. The van der Waals surface area contributed by atoms with Gasteiger partial charge in [0.25, 0.3) is 0 Å². The third-order valence-electron chi connectivity index (χ3n) is 4.14. The lowest BCUT2D eigenvalue weighted by Crippen LogP contribution is -2.38. The van der Waals surface area contributed by atoms with Crippen LogP contribution >= 0.6 is 0 Å². The van der Waals surface area contributed by atoms with E-state index in [1.54, 1.807) is 19.1 Å². The van der Waals surface area contributed by atoms with Crippen molar-refractivity contribution in [3.63, 3.8) is 0 Å². The highest BCUT2D eigenvalue weighted by Crippen LogP contribution is 2.12. The predicted molar refractivity (Wildman–Crippen MR) is 88.6 cm³/mol. The average molecular weight is 320 g/mol. The summed E-state index contributed by atoms with van der Waals surface area (Å²) < 4.78 is 12.9. The van der Waals surface area contributed by atoms with E-state index in [1.165, 1.54) is 17.7 Å². The number of rotatable bonds is 7. The van der Waals surface area contributed by atoms with Crippen LogP contribution in [-0.4, -0.2) is 60.1 Å². The molecule has 1 N–H and O–H groups in total. The van der Waals surface area contributed by atoms with E-state index in [4.69, 9.17) is 5.11 Å².